The molecule has 2 atom stereocenters. The van der Waals surface area contributed by atoms with Crippen LogP contribution in [0.4, 0.5) is 0 Å². The van der Waals surface area contributed by atoms with E-state index < -0.39 is 0 Å². The average Bonchev–Trinajstić information content (AvgIpc) is 2.62. The van der Waals surface area contributed by atoms with E-state index in [0.717, 1.165) is 24.8 Å². The number of piperidine rings is 1. The van der Waals surface area contributed by atoms with E-state index in [1.807, 2.05) is 19.1 Å². The normalized spacial score (nSPS) is 19.1. The first-order valence-corrected chi connectivity index (χ1v) is 8.28. The highest BCUT2D eigenvalue weighted by Gasteiger charge is 2.30. The molecule has 6 heteroatoms. The summed E-state index contributed by atoms with van der Waals surface area (Å²) in [6, 6.07) is 6.86. The van der Waals surface area contributed by atoms with Crippen LogP contribution >= 0.6 is 0 Å². The smallest absolute Gasteiger partial charge is 0.261 e. The molecule has 0 spiro atoms. The van der Waals surface area contributed by atoms with Crippen LogP contribution in [0.1, 0.15) is 36.5 Å². The summed E-state index contributed by atoms with van der Waals surface area (Å²) in [5.41, 5.74) is 7.34. The van der Waals surface area contributed by atoms with Crippen molar-refractivity contribution in [3.05, 3.63) is 52.6 Å². The van der Waals surface area contributed by atoms with Crippen LogP contribution in [-0.4, -0.2) is 39.4 Å². The first kappa shape index (κ1) is 16.4. The molecule has 1 fully saturated rings. The zero-order valence-corrected chi connectivity index (χ0v) is 13.7. The molecule has 1 amide bonds. The number of nitrogens with zero attached hydrogens (tertiary/aromatic N) is 2. The van der Waals surface area contributed by atoms with Gasteiger partial charge in [-0.2, -0.15) is 0 Å². The molecule has 2 aromatic heterocycles. The molecule has 0 aromatic carbocycles. The lowest BCUT2D eigenvalue weighted by atomic mass is 9.96. The molecule has 3 N–H and O–H groups in total. The third-order valence-corrected chi connectivity index (χ3v) is 4.55. The molecule has 0 saturated carbocycles. The number of rotatable bonds is 3. The van der Waals surface area contributed by atoms with Crippen LogP contribution in [-0.2, 0) is 0 Å². The molecule has 3 rings (SSSR count). The molecule has 1 aliphatic heterocycles. The molecule has 2 aromatic rings. The topological polar surface area (TPSA) is 92.1 Å². The molecule has 1 saturated heterocycles. The van der Waals surface area contributed by atoms with Crippen molar-refractivity contribution in [3.8, 4) is 11.3 Å². The van der Waals surface area contributed by atoms with Gasteiger partial charge in [0.1, 0.15) is 5.56 Å². The highest BCUT2D eigenvalue weighted by atomic mass is 16.2. The molecule has 0 aliphatic carbocycles. The Bertz CT molecular complexity index is 770. The molecular formula is C18H22N4O2. The maximum absolute atomic E-state index is 12.8. The fourth-order valence-corrected chi connectivity index (χ4v) is 3.25. The van der Waals surface area contributed by atoms with Gasteiger partial charge in [-0.05, 0) is 50.5 Å². The second kappa shape index (κ2) is 6.97. The van der Waals surface area contributed by atoms with Gasteiger partial charge in [0.15, 0.2) is 0 Å². The molecule has 0 unspecified atom stereocenters. The number of nitrogens with one attached hydrogen (secondary N) is 1. The molecule has 0 bridgehead atoms. The number of carbonyl (C=O) groups excluding carboxylic acids is 1. The van der Waals surface area contributed by atoms with Gasteiger partial charge >= 0.3 is 0 Å². The number of aromatic amines is 1. The van der Waals surface area contributed by atoms with Crippen LogP contribution in [0, 0.1) is 0 Å². The van der Waals surface area contributed by atoms with Gasteiger partial charge in [-0.3, -0.25) is 14.6 Å². The van der Waals surface area contributed by atoms with Gasteiger partial charge in [0, 0.05) is 42.3 Å². The van der Waals surface area contributed by atoms with Gasteiger partial charge in [-0.25, -0.2) is 0 Å². The number of carbonyl (C=O) groups is 1. The van der Waals surface area contributed by atoms with Crippen molar-refractivity contribution in [2.75, 3.05) is 6.54 Å². The van der Waals surface area contributed by atoms with E-state index in [1.54, 1.807) is 29.4 Å². The van der Waals surface area contributed by atoms with Crippen LogP contribution in [0.2, 0.25) is 0 Å². The van der Waals surface area contributed by atoms with E-state index in [2.05, 4.69) is 9.97 Å². The molecule has 1 aliphatic rings. The number of H-pyrrole nitrogens is 1. The average molecular weight is 326 g/mol. The Morgan fingerprint density at radius 1 is 1.29 bits per heavy atom. The molecular weight excluding hydrogens is 304 g/mol. The van der Waals surface area contributed by atoms with Crippen molar-refractivity contribution in [2.24, 2.45) is 5.73 Å². The summed E-state index contributed by atoms with van der Waals surface area (Å²) >= 11 is 0. The van der Waals surface area contributed by atoms with Crippen molar-refractivity contribution in [2.45, 2.75) is 38.3 Å². The van der Waals surface area contributed by atoms with Crippen LogP contribution in [0.5, 0.6) is 0 Å². The van der Waals surface area contributed by atoms with Crippen LogP contribution in [0.3, 0.4) is 0 Å². The SMILES string of the molecule is C[C@H](N)[C@@H]1CCCCN1C(=O)c1ccc(-c2ccncc2)[nH]c1=O. The maximum Gasteiger partial charge on any atom is 0.261 e. The number of hydrogen-bond acceptors (Lipinski definition) is 4. The minimum atomic E-state index is -0.372. The lowest BCUT2D eigenvalue weighted by molar-refractivity contribution is 0.0582. The summed E-state index contributed by atoms with van der Waals surface area (Å²) in [6.45, 7) is 2.56. The minimum absolute atomic E-state index is 0.00877. The predicted octanol–water partition coefficient (Wildman–Crippen LogP) is 1.78. The monoisotopic (exact) mass is 326 g/mol. The van der Waals surface area contributed by atoms with Gasteiger partial charge < -0.3 is 15.6 Å². The fourth-order valence-electron chi connectivity index (χ4n) is 3.25. The third-order valence-electron chi connectivity index (χ3n) is 4.55. The Kier molecular flexibility index (Phi) is 4.76. The Labute approximate surface area is 140 Å². The van der Waals surface area contributed by atoms with Crippen molar-refractivity contribution in [3.63, 3.8) is 0 Å². The van der Waals surface area contributed by atoms with Crippen LogP contribution in [0.25, 0.3) is 11.3 Å². The largest absolute Gasteiger partial charge is 0.334 e. The number of hydrogen-bond donors (Lipinski definition) is 2. The van der Waals surface area contributed by atoms with E-state index >= 15 is 0 Å². The Hall–Kier alpha value is -2.47. The number of likely N-dealkylation sites (tertiary alicyclic amines) is 1. The molecule has 6 nitrogen and oxygen atoms in total. The minimum Gasteiger partial charge on any atom is -0.334 e. The zero-order valence-electron chi connectivity index (χ0n) is 13.7. The Morgan fingerprint density at radius 3 is 2.71 bits per heavy atom. The highest BCUT2D eigenvalue weighted by molar-refractivity contribution is 5.94. The number of amides is 1. The summed E-state index contributed by atoms with van der Waals surface area (Å²) in [7, 11) is 0. The van der Waals surface area contributed by atoms with E-state index in [0.29, 0.717) is 12.2 Å². The van der Waals surface area contributed by atoms with Gasteiger partial charge in [0.25, 0.3) is 11.5 Å². The van der Waals surface area contributed by atoms with E-state index in [4.69, 9.17) is 5.73 Å². The van der Waals surface area contributed by atoms with Gasteiger partial charge in [0.2, 0.25) is 0 Å². The van der Waals surface area contributed by atoms with Gasteiger partial charge in [0.05, 0.1) is 0 Å². The molecule has 0 radical (unpaired) electrons. The quantitative estimate of drug-likeness (QED) is 0.899. The summed E-state index contributed by atoms with van der Waals surface area (Å²) in [6.07, 6.45) is 6.22. The third kappa shape index (κ3) is 3.23. The highest BCUT2D eigenvalue weighted by Crippen LogP contribution is 2.21. The van der Waals surface area contributed by atoms with Gasteiger partial charge in [-0.1, -0.05) is 0 Å². The van der Waals surface area contributed by atoms with E-state index in [1.165, 1.54) is 0 Å². The first-order chi connectivity index (χ1) is 11.6. The second-order valence-corrected chi connectivity index (χ2v) is 6.27. The summed E-state index contributed by atoms with van der Waals surface area (Å²) in [4.78, 5) is 33.8. The van der Waals surface area contributed by atoms with Crippen LogP contribution < -0.4 is 11.3 Å². The molecule has 3 heterocycles. The number of nitrogens with two attached hydrogens (primary N) is 1. The van der Waals surface area contributed by atoms with Crippen LogP contribution in [0.15, 0.2) is 41.5 Å². The van der Waals surface area contributed by atoms with Crippen molar-refractivity contribution in [1.82, 2.24) is 14.9 Å². The van der Waals surface area contributed by atoms with Crippen molar-refractivity contribution >= 4 is 5.91 Å². The summed E-state index contributed by atoms with van der Waals surface area (Å²) < 4.78 is 0. The summed E-state index contributed by atoms with van der Waals surface area (Å²) in [5, 5.41) is 0. The van der Waals surface area contributed by atoms with E-state index in [-0.39, 0.29) is 29.1 Å². The fraction of sp³-hybridized carbons (Fsp3) is 0.389. The molecule has 126 valence electrons. The first-order valence-electron chi connectivity index (χ1n) is 8.28. The molecule has 24 heavy (non-hydrogen) atoms. The van der Waals surface area contributed by atoms with Gasteiger partial charge in [-0.15, -0.1) is 0 Å². The number of pyridine rings is 2. The number of aromatic nitrogens is 2. The maximum atomic E-state index is 12.8. The lowest BCUT2D eigenvalue weighted by Crippen LogP contribution is -2.52. The zero-order chi connectivity index (χ0) is 17.1. The Morgan fingerprint density at radius 2 is 2.04 bits per heavy atom. The second-order valence-electron chi connectivity index (χ2n) is 6.27. The predicted molar refractivity (Wildman–Crippen MR) is 92.6 cm³/mol. The van der Waals surface area contributed by atoms with Crippen molar-refractivity contribution in [1.29, 1.82) is 0 Å². The van der Waals surface area contributed by atoms with Crippen molar-refractivity contribution < 1.29 is 4.79 Å². The van der Waals surface area contributed by atoms with E-state index in [9.17, 15) is 9.59 Å². The Balaban J connectivity index is 1.89. The standard InChI is InChI=1S/C18H22N4O2/c1-12(19)16-4-2-3-11-22(16)18(24)14-5-6-15(21-17(14)23)13-7-9-20-10-8-13/h5-10,12,16H,2-4,11,19H2,1H3,(H,21,23)/t12-,16-/m0/s1. The lowest BCUT2D eigenvalue weighted by Gasteiger charge is -2.38. The summed E-state index contributed by atoms with van der Waals surface area (Å²) in [5.74, 6) is -0.237.